The van der Waals surface area contributed by atoms with Gasteiger partial charge in [-0.2, -0.15) is 4.98 Å². The highest BCUT2D eigenvalue weighted by Gasteiger charge is 2.22. The van der Waals surface area contributed by atoms with Gasteiger partial charge < -0.3 is 11.1 Å². The van der Waals surface area contributed by atoms with Crippen molar-refractivity contribution in [1.82, 2.24) is 14.8 Å². The Labute approximate surface area is 104 Å². The Balaban J connectivity index is 2.05. The average Bonchev–Trinajstić information content (AvgIpc) is 2.82. The van der Waals surface area contributed by atoms with E-state index in [1.807, 2.05) is 0 Å². The molecule has 1 aliphatic heterocycles. The minimum atomic E-state index is -0.315. The molecule has 0 radical (unpaired) electrons. The van der Waals surface area contributed by atoms with Crippen LogP contribution in [0.4, 0.5) is 10.3 Å². The van der Waals surface area contributed by atoms with Crippen molar-refractivity contribution in [2.24, 2.45) is 5.73 Å². The predicted octanol–water partition coefficient (Wildman–Crippen LogP) is 1.40. The lowest BCUT2D eigenvalue weighted by molar-refractivity contribution is 0.427. The molecule has 94 valence electrons. The normalized spacial score (nSPS) is 18.2. The monoisotopic (exact) mass is 247 g/mol. The summed E-state index contributed by atoms with van der Waals surface area (Å²) >= 11 is 0. The number of nitrogens with two attached hydrogens (primary N) is 1. The molecule has 3 rings (SSSR count). The first-order chi connectivity index (χ1) is 8.79. The molecule has 0 saturated heterocycles. The lowest BCUT2D eigenvalue weighted by Gasteiger charge is -2.22. The maximum absolute atomic E-state index is 13.7. The maximum Gasteiger partial charge on any atom is 0.222 e. The van der Waals surface area contributed by atoms with Crippen molar-refractivity contribution < 1.29 is 4.39 Å². The summed E-state index contributed by atoms with van der Waals surface area (Å²) in [6.45, 7) is 1.33. The van der Waals surface area contributed by atoms with Gasteiger partial charge in [0.15, 0.2) is 5.82 Å². The summed E-state index contributed by atoms with van der Waals surface area (Å²) in [6, 6.07) is 6.63. The summed E-state index contributed by atoms with van der Waals surface area (Å²) < 4.78 is 15.4. The molecule has 1 unspecified atom stereocenters. The van der Waals surface area contributed by atoms with Gasteiger partial charge in [-0.25, -0.2) is 9.07 Å². The first-order valence-electron chi connectivity index (χ1n) is 5.95. The van der Waals surface area contributed by atoms with Gasteiger partial charge in [-0.05, 0) is 18.6 Å². The first kappa shape index (κ1) is 11.2. The highest BCUT2D eigenvalue weighted by molar-refractivity contribution is 5.57. The molecule has 0 aliphatic carbocycles. The molecule has 18 heavy (non-hydrogen) atoms. The van der Waals surface area contributed by atoms with Crippen LogP contribution in [0.2, 0.25) is 0 Å². The molecule has 0 fully saturated rings. The number of benzene rings is 1. The smallest absolute Gasteiger partial charge is 0.222 e. The number of hydrogen-bond donors (Lipinski definition) is 2. The summed E-state index contributed by atoms with van der Waals surface area (Å²) in [5.74, 6) is 0.746. The highest BCUT2D eigenvalue weighted by Crippen LogP contribution is 2.26. The van der Waals surface area contributed by atoms with E-state index in [2.05, 4.69) is 15.4 Å². The van der Waals surface area contributed by atoms with Crippen molar-refractivity contribution in [3.8, 4) is 11.4 Å². The van der Waals surface area contributed by atoms with Gasteiger partial charge in [0.05, 0.1) is 11.6 Å². The number of fused-ring (bicyclic) bond motifs is 1. The van der Waals surface area contributed by atoms with E-state index in [0.29, 0.717) is 23.9 Å². The molecule has 1 aliphatic rings. The summed E-state index contributed by atoms with van der Waals surface area (Å²) in [4.78, 5) is 4.33. The lowest BCUT2D eigenvalue weighted by Crippen LogP contribution is -2.29. The number of rotatable bonds is 2. The number of halogens is 1. The minimum absolute atomic E-state index is 0.134. The van der Waals surface area contributed by atoms with Gasteiger partial charge >= 0.3 is 0 Å². The molecular formula is C12H14FN5. The third-order valence-electron chi connectivity index (χ3n) is 3.12. The second-order valence-corrected chi connectivity index (χ2v) is 4.29. The van der Waals surface area contributed by atoms with Crippen molar-refractivity contribution in [1.29, 1.82) is 0 Å². The molecule has 1 atom stereocenters. The Bertz CT molecular complexity index is 565. The quantitative estimate of drug-likeness (QED) is 0.841. The van der Waals surface area contributed by atoms with E-state index < -0.39 is 0 Å². The second-order valence-electron chi connectivity index (χ2n) is 4.29. The van der Waals surface area contributed by atoms with E-state index in [4.69, 9.17) is 5.73 Å². The summed E-state index contributed by atoms with van der Waals surface area (Å²) in [7, 11) is 0. The zero-order valence-electron chi connectivity index (χ0n) is 9.81. The number of nitrogens with one attached hydrogen (secondary N) is 1. The number of anilines is 1. The molecule has 1 aromatic carbocycles. The Kier molecular flexibility index (Phi) is 2.71. The fourth-order valence-electron chi connectivity index (χ4n) is 2.15. The van der Waals surface area contributed by atoms with E-state index in [9.17, 15) is 4.39 Å². The van der Waals surface area contributed by atoms with E-state index in [0.717, 1.165) is 13.0 Å². The van der Waals surface area contributed by atoms with Crippen molar-refractivity contribution in [2.75, 3.05) is 18.4 Å². The van der Waals surface area contributed by atoms with Gasteiger partial charge in [0.1, 0.15) is 5.82 Å². The minimum Gasteiger partial charge on any atom is -0.354 e. The van der Waals surface area contributed by atoms with Crippen LogP contribution in [0.5, 0.6) is 0 Å². The Morgan fingerprint density at radius 2 is 2.28 bits per heavy atom. The molecule has 1 aromatic heterocycles. The molecule has 3 N–H and O–H groups in total. The van der Waals surface area contributed by atoms with Crippen molar-refractivity contribution >= 4 is 5.95 Å². The molecule has 2 heterocycles. The van der Waals surface area contributed by atoms with Crippen molar-refractivity contribution in [3.63, 3.8) is 0 Å². The van der Waals surface area contributed by atoms with Crippen LogP contribution in [-0.4, -0.2) is 27.9 Å². The van der Waals surface area contributed by atoms with E-state index >= 15 is 0 Å². The summed E-state index contributed by atoms with van der Waals surface area (Å²) in [5.41, 5.74) is 6.12. The van der Waals surface area contributed by atoms with E-state index in [1.165, 1.54) is 6.07 Å². The number of nitrogens with zero attached hydrogens (tertiary/aromatic N) is 3. The van der Waals surface area contributed by atoms with Gasteiger partial charge in [0, 0.05) is 13.1 Å². The Morgan fingerprint density at radius 1 is 1.44 bits per heavy atom. The topological polar surface area (TPSA) is 68.8 Å². The molecule has 0 spiro atoms. The highest BCUT2D eigenvalue weighted by atomic mass is 19.1. The zero-order chi connectivity index (χ0) is 12.5. The number of aromatic nitrogens is 3. The van der Waals surface area contributed by atoms with Gasteiger partial charge in [-0.15, -0.1) is 5.10 Å². The van der Waals surface area contributed by atoms with Crippen LogP contribution in [0.25, 0.3) is 11.4 Å². The fourth-order valence-corrected chi connectivity index (χ4v) is 2.15. The average molecular weight is 247 g/mol. The van der Waals surface area contributed by atoms with Gasteiger partial charge in [-0.3, -0.25) is 0 Å². The van der Waals surface area contributed by atoms with Crippen LogP contribution < -0.4 is 11.1 Å². The Hall–Kier alpha value is -1.95. The van der Waals surface area contributed by atoms with Crippen LogP contribution in [0.3, 0.4) is 0 Å². The fraction of sp³-hybridized carbons (Fsp3) is 0.333. The zero-order valence-corrected chi connectivity index (χ0v) is 9.81. The van der Waals surface area contributed by atoms with E-state index in [1.54, 1.807) is 22.9 Å². The molecule has 0 saturated carbocycles. The molecular weight excluding hydrogens is 233 g/mol. The molecule has 6 heteroatoms. The van der Waals surface area contributed by atoms with Gasteiger partial charge in [-0.1, -0.05) is 12.1 Å². The van der Waals surface area contributed by atoms with Crippen molar-refractivity contribution in [2.45, 2.75) is 12.5 Å². The lowest BCUT2D eigenvalue weighted by atomic mass is 10.2. The molecule has 5 nitrogen and oxygen atoms in total. The maximum atomic E-state index is 13.7. The molecule has 0 bridgehead atoms. The van der Waals surface area contributed by atoms with Crippen LogP contribution in [0, 0.1) is 5.82 Å². The van der Waals surface area contributed by atoms with Crippen LogP contribution in [-0.2, 0) is 0 Å². The van der Waals surface area contributed by atoms with Crippen LogP contribution in [0.15, 0.2) is 24.3 Å². The molecule has 0 amide bonds. The summed E-state index contributed by atoms with van der Waals surface area (Å²) in [5, 5.41) is 7.51. The Morgan fingerprint density at radius 3 is 3.06 bits per heavy atom. The third kappa shape index (κ3) is 1.74. The SMILES string of the molecule is NCC1CCNc2nc(-c3ccccc3F)nn21. The summed E-state index contributed by atoms with van der Waals surface area (Å²) in [6.07, 6.45) is 0.906. The molecule has 2 aromatic rings. The van der Waals surface area contributed by atoms with Crippen LogP contribution >= 0.6 is 0 Å². The van der Waals surface area contributed by atoms with Gasteiger partial charge in [0.25, 0.3) is 0 Å². The van der Waals surface area contributed by atoms with E-state index in [-0.39, 0.29) is 11.9 Å². The first-order valence-corrected chi connectivity index (χ1v) is 5.95. The van der Waals surface area contributed by atoms with Gasteiger partial charge in [0.2, 0.25) is 5.95 Å². The number of hydrogen-bond acceptors (Lipinski definition) is 4. The largest absolute Gasteiger partial charge is 0.354 e. The standard InChI is InChI=1S/C12H14FN5/c13-10-4-2-1-3-9(10)11-16-12-15-6-5-8(7-14)18(12)17-11/h1-4,8H,5-7,14H2,(H,15,16,17). The van der Waals surface area contributed by atoms with Crippen molar-refractivity contribution in [3.05, 3.63) is 30.1 Å². The van der Waals surface area contributed by atoms with Crippen LogP contribution in [0.1, 0.15) is 12.5 Å². The predicted molar refractivity (Wildman–Crippen MR) is 66.6 cm³/mol. The third-order valence-corrected chi connectivity index (χ3v) is 3.12. The second kappa shape index (κ2) is 4.38.